The van der Waals surface area contributed by atoms with E-state index >= 15 is 0 Å². The maximum atomic E-state index is 11.8. The lowest BCUT2D eigenvalue weighted by atomic mass is 10.3. The smallest absolute Gasteiger partial charge is 0.311 e. The third-order valence-electron chi connectivity index (χ3n) is 2.70. The van der Waals surface area contributed by atoms with Crippen LogP contribution in [0.3, 0.4) is 0 Å². The van der Waals surface area contributed by atoms with Crippen LogP contribution in [0.15, 0.2) is 28.0 Å². The Kier molecular flexibility index (Phi) is 6.89. The Hall–Kier alpha value is -2.26. The van der Waals surface area contributed by atoms with Crippen LogP contribution in [0.4, 0.5) is 5.13 Å². The Morgan fingerprint density at radius 2 is 2.21 bits per heavy atom. The Labute approximate surface area is 147 Å². The van der Waals surface area contributed by atoms with E-state index in [-0.39, 0.29) is 24.9 Å². The zero-order valence-corrected chi connectivity index (χ0v) is 14.9. The highest BCUT2D eigenvalue weighted by Crippen LogP contribution is 2.16. The molecule has 1 amide bonds. The lowest BCUT2D eigenvalue weighted by molar-refractivity contribution is -0.142. The van der Waals surface area contributed by atoms with Gasteiger partial charge in [-0.3, -0.25) is 14.9 Å². The van der Waals surface area contributed by atoms with Crippen molar-refractivity contribution < 1.29 is 19.2 Å². The number of rotatable bonds is 8. The van der Waals surface area contributed by atoms with Gasteiger partial charge in [-0.25, -0.2) is 4.98 Å². The van der Waals surface area contributed by atoms with Gasteiger partial charge in [0.2, 0.25) is 0 Å². The van der Waals surface area contributed by atoms with Gasteiger partial charge in [-0.15, -0.1) is 22.7 Å². The Morgan fingerprint density at radius 1 is 1.38 bits per heavy atom. The molecule has 128 valence electrons. The fraction of sp³-hybridized carbons (Fsp3) is 0.333. The Morgan fingerprint density at radius 3 is 2.92 bits per heavy atom. The van der Waals surface area contributed by atoms with E-state index < -0.39 is 0 Å². The number of aromatic nitrogens is 1. The van der Waals surface area contributed by atoms with Gasteiger partial charge in [-0.2, -0.15) is 0 Å². The first-order chi connectivity index (χ1) is 11.6. The number of esters is 1. The fourth-order valence-corrected chi connectivity index (χ4v) is 3.07. The zero-order chi connectivity index (χ0) is 17.4. The second-order valence-corrected chi connectivity index (χ2v) is 6.41. The van der Waals surface area contributed by atoms with Crippen molar-refractivity contribution in [3.05, 3.63) is 33.5 Å². The number of ether oxygens (including phenoxy) is 1. The second kappa shape index (κ2) is 9.14. The van der Waals surface area contributed by atoms with E-state index in [9.17, 15) is 9.59 Å². The van der Waals surface area contributed by atoms with Crippen molar-refractivity contribution in [1.29, 1.82) is 0 Å². The molecule has 9 heteroatoms. The van der Waals surface area contributed by atoms with Crippen LogP contribution in [-0.4, -0.2) is 35.8 Å². The molecular weight excluding hydrogens is 350 g/mol. The molecule has 0 bridgehead atoms. The van der Waals surface area contributed by atoms with Crippen molar-refractivity contribution in [1.82, 2.24) is 4.98 Å². The summed E-state index contributed by atoms with van der Waals surface area (Å²) in [7, 11) is 0. The average Bonchev–Trinajstić information content (AvgIpc) is 3.19. The molecule has 0 spiro atoms. The molecule has 0 aliphatic carbocycles. The molecule has 0 radical (unpaired) electrons. The van der Waals surface area contributed by atoms with Crippen molar-refractivity contribution >= 4 is 45.4 Å². The standard InChI is InChI=1S/C15H17N3O4S2/c1-3-21-14(20)7-11-9-24-15(16-11)17-13(19)8-22-18-10(2)12-5-4-6-23-12/h4-6,9H,3,7-8H2,1-2H3,(H,16,17,19). The molecule has 2 rings (SSSR count). The number of carbonyl (C=O) groups excluding carboxylic acids is 2. The lowest BCUT2D eigenvalue weighted by Crippen LogP contribution is -2.17. The minimum atomic E-state index is -0.366. The average molecular weight is 367 g/mol. The number of nitrogens with one attached hydrogen (secondary N) is 1. The van der Waals surface area contributed by atoms with Gasteiger partial charge in [-0.05, 0) is 25.3 Å². The van der Waals surface area contributed by atoms with Crippen LogP contribution in [0.5, 0.6) is 0 Å². The van der Waals surface area contributed by atoms with Gasteiger partial charge < -0.3 is 9.57 Å². The molecule has 0 aliphatic rings. The Balaban J connectivity index is 1.77. The summed E-state index contributed by atoms with van der Waals surface area (Å²) in [5, 5.41) is 10.5. The van der Waals surface area contributed by atoms with Crippen LogP contribution in [-0.2, 0) is 25.6 Å². The lowest BCUT2D eigenvalue weighted by Gasteiger charge is -2.01. The van der Waals surface area contributed by atoms with Gasteiger partial charge in [0.05, 0.1) is 29.3 Å². The van der Waals surface area contributed by atoms with Crippen molar-refractivity contribution in [3.63, 3.8) is 0 Å². The zero-order valence-electron chi connectivity index (χ0n) is 13.3. The molecule has 1 N–H and O–H groups in total. The highest BCUT2D eigenvalue weighted by Gasteiger charge is 2.11. The second-order valence-electron chi connectivity index (χ2n) is 4.60. The molecule has 0 fully saturated rings. The highest BCUT2D eigenvalue weighted by atomic mass is 32.1. The molecule has 0 saturated heterocycles. The van der Waals surface area contributed by atoms with Crippen molar-refractivity contribution in [2.45, 2.75) is 20.3 Å². The maximum Gasteiger partial charge on any atom is 0.311 e. The van der Waals surface area contributed by atoms with E-state index in [0.29, 0.717) is 23.1 Å². The van der Waals surface area contributed by atoms with E-state index in [1.165, 1.54) is 11.3 Å². The first kappa shape index (κ1) is 18.1. The molecule has 2 aromatic heterocycles. The Bertz CT molecular complexity index is 710. The molecule has 0 saturated carbocycles. The summed E-state index contributed by atoms with van der Waals surface area (Å²) in [5.41, 5.74) is 1.27. The van der Waals surface area contributed by atoms with Crippen LogP contribution in [0.25, 0.3) is 0 Å². The number of hydrogen-bond donors (Lipinski definition) is 1. The van der Waals surface area contributed by atoms with E-state index in [1.807, 2.05) is 24.4 Å². The summed E-state index contributed by atoms with van der Waals surface area (Å²) in [4.78, 5) is 33.3. The number of thiophene rings is 1. The quantitative estimate of drug-likeness (QED) is 0.440. The number of amides is 1. The van der Waals surface area contributed by atoms with E-state index in [2.05, 4.69) is 15.5 Å². The summed E-state index contributed by atoms with van der Waals surface area (Å²) in [6.07, 6.45) is 0.0843. The molecule has 24 heavy (non-hydrogen) atoms. The largest absolute Gasteiger partial charge is 0.466 e. The molecule has 2 aromatic rings. The number of thiazole rings is 1. The predicted molar refractivity (Wildman–Crippen MR) is 93.6 cm³/mol. The third-order valence-corrected chi connectivity index (χ3v) is 4.49. The maximum absolute atomic E-state index is 11.8. The third kappa shape index (κ3) is 5.74. The van der Waals surface area contributed by atoms with Gasteiger partial charge in [0, 0.05) is 5.38 Å². The van der Waals surface area contributed by atoms with E-state index in [0.717, 1.165) is 4.88 Å². The van der Waals surface area contributed by atoms with Crippen LogP contribution in [0.1, 0.15) is 24.4 Å². The van der Waals surface area contributed by atoms with Gasteiger partial charge in [-0.1, -0.05) is 11.2 Å². The van der Waals surface area contributed by atoms with Crippen molar-refractivity contribution in [3.8, 4) is 0 Å². The number of nitrogens with zero attached hydrogens (tertiary/aromatic N) is 2. The molecule has 7 nitrogen and oxygen atoms in total. The topological polar surface area (TPSA) is 89.9 Å². The number of hydrogen-bond acceptors (Lipinski definition) is 8. The summed E-state index contributed by atoms with van der Waals surface area (Å²) in [6, 6.07) is 3.84. The normalized spacial score (nSPS) is 11.2. The van der Waals surface area contributed by atoms with E-state index in [4.69, 9.17) is 9.57 Å². The molecule has 0 unspecified atom stereocenters. The van der Waals surface area contributed by atoms with Gasteiger partial charge >= 0.3 is 5.97 Å². The fourth-order valence-electron chi connectivity index (χ4n) is 1.68. The molecule has 0 aliphatic heterocycles. The molecule has 0 atom stereocenters. The molecular formula is C15H17N3O4S2. The summed E-state index contributed by atoms with van der Waals surface area (Å²) >= 11 is 2.78. The minimum Gasteiger partial charge on any atom is -0.466 e. The van der Waals surface area contributed by atoms with Crippen LogP contribution in [0.2, 0.25) is 0 Å². The highest BCUT2D eigenvalue weighted by molar-refractivity contribution is 7.14. The van der Waals surface area contributed by atoms with Crippen molar-refractivity contribution in [2.24, 2.45) is 5.16 Å². The van der Waals surface area contributed by atoms with Crippen LogP contribution >= 0.6 is 22.7 Å². The molecule has 2 heterocycles. The number of anilines is 1. The van der Waals surface area contributed by atoms with Crippen LogP contribution < -0.4 is 5.32 Å². The SMILES string of the molecule is CCOC(=O)Cc1csc(NC(=O)CON=C(C)c2cccs2)n1. The first-order valence-electron chi connectivity index (χ1n) is 7.18. The van der Waals surface area contributed by atoms with Crippen LogP contribution in [0, 0.1) is 0 Å². The minimum absolute atomic E-state index is 0.0843. The predicted octanol–water partition coefficient (Wildman–Crippen LogP) is 2.69. The monoisotopic (exact) mass is 367 g/mol. The summed E-state index contributed by atoms with van der Waals surface area (Å²) in [6.45, 7) is 3.67. The van der Waals surface area contributed by atoms with Gasteiger partial charge in [0.25, 0.3) is 5.91 Å². The molecule has 0 aromatic carbocycles. The van der Waals surface area contributed by atoms with Gasteiger partial charge in [0.15, 0.2) is 11.7 Å². The summed E-state index contributed by atoms with van der Waals surface area (Å²) in [5.74, 6) is -0.711. The van der Waals surface area contributed by atoms with Crippen molar-refractivity contribution in [2.75, 3.05) is 18.5 Å². The number of carbonyl (C=O) groups is 2. The number of oxime groups is 1. The van der Waals surface area contributed by atoms with Gasteiger partial charge in [0.1, 0.15) is 0 Å². The first-order valence-corrected chi connectivity index (χ1v) is 8.94. The summed E-state index contributed by atoms with van der Waals surface area (Å²) < 4.78 is 4.85. The van der Waals surface area contributed by atoms with E-state index in [1.54, 1.807) is 23.6 Å².